The van der Waals surface area contributed by atoms with Crippen LogP contribution in [0.4, 0.5) is 5.69 Å². The van der Waals surface area contributed by atoms with Gasteiger partial charge in [-0.2, -0.15) is 5.10 Å². The maximum atomic E-state index is 10.8. The normalized spacial score (nSPS) is 17.8. The lowest BCUT2D eigenvalue weighted by molar-refractivity contribution is -0.384. The molecular formula is C18H24N6O3. The predicted molar refractivity (Wildman–Crippen MR) is 101 cm³/mol. The second kappa shape index (κ2) is 8.63. The number of morpholine rings is 1. The van der Waals surface area contributed by atoms with Gasteiger partial charge in [-0.3, -0.25) is 14.8 Å². The second-order valence-corrected chi connectivity index (χ2v) is 6.35. The van der Waals surface area contributed by atoms with Gasteiger partial charge in [0.15, 0.2) is 5.96 Å². The molecule has 1 saturated heterocycles. The number of hydrogen-bond acceptors (Lipinski definition) is 5. The number of benzene rings is 1. The van der Waals surface area contributed by atoms with Crippen molar-refractivity contribution in [2.45, 2.75) is 19.6 Å². The van der Waals surface area contributed by atoms with Crippen LogP contribution in [0.15, 0.2) is 41.7 Å². The number of nitrogens with one attached hydrogen (secondary N) is 1. The molecule has 1 aliphatic heterocycles. The summed E-state index contributed by atoms with van der Waals surface area (Å²) in [6.45, 7) is 5.30. The topological polar surface area (TPSA) is 97.8 Å². The van der Waals surface area contributed by atoms with Crippen LogP contribution in [0.3, 0.4) is 0 Å². The maximum absolute atomic E-state index is 10.8. The van der Waals surface area contributed by atoms with Gasteiger partial charge in [0.25, 0.3) is 5.69 Å². The van der Waals surface area contributed by atoms with Crippen LogP contribution < -0.4 is 5.32 Å². The number of aliphatic imine (C=N–C) groups is 1. The zero-order valence-electron chi connectivity index (χ0n) is 15.5. The molecule has 1 aliphatic rings. The fourth-order valence-corrected chi connectivity index (χ4v) is 2.96. The first-order valence-corrected chi connectivity index (χ1v) is 8.93. The first-order chi connectivity index (χ1) is 13.1. The minimum atomic E-state index is -0.399. The molecule has 3 rings (SSSR count). The Morgan fingerprint density at radius 3 is 2.85 bits per heavy atom. The minimum Gasteiger partial charge on any atom is -0.370 e. The number of nitro benzene ring substituents is 1. The van der Waals surface area contributed by atoms with Gasteiger partial charge >= 0.3 is 0 Å². The molecular weight excluding hydrogens is 348 g/mol. The Kier molecular flexibility index (Phi) is 6.02. The lowest BCUT2D eigenvalue weighted by atomic mass is 10.1. The Morgan fingerprint density at radius 1 is 1.44 bits per heavy atom. The summed E-state index contributed by atoms with van der Waals surface area (Å²) in [5, 5.41) is 18.3. The third kappa shape index (κ3) is 4.82. The van der Waals surface area contributed by atoms with Crippen molar-refractivity contribution in [1.29, 1.82) is 0 Å². The molecule has 27 heavy (non-hydrogen) atoms. The molecule has 0 radical (unpaired) electrons. The molecule has 0 aliphatic carbocycles. The fraction of sp³-hybridized carbons (Fsp3) is 0.444. The molecule has 2 aromatic rings. The Labute approximate surface area is 157 Å². The third-order valence-electron chi connectivity index (χ3n) is 4.36. The third-order valence-corrected chi connectivity index (χ3v) is 4.36. The molecule has 1 fully saturated rings. The van der Waals surface area contributed by atoms with Crippen LogP contribution in [0.25, 0.3) is 0 Å². The Bertz CT molecular complexity index is 802. The van der Waals surface area contributed by atoms with Crippen LogP contribution in [0.5, 0.6) is 0 Å². The van der Waals surface area contributed by atoms with E-state index >= 15 is 0 Å². The largest absolute Gasteiger partial charge is 0.370 e. The number of non-ortho nitro benzene ring substituents is 1. The average Bonchev–Trinajstić information content (AvgIpc) is 3.12. The summed E-state index contributed by atoms with van der Waals surface area (Å²) in [5.41, 5.74) is 2.06. The summed E-state index contributed by atoms with van der Waals surface area (Å²) in [7, 11) is 1.89. The van der Waals surface area contributed by atoms with Gasteiger partial charge in [-0.25, -0.2) is 4.99 Å². The highest BCUT2D eigenvalue weighted by Crippen LogP contribution is 2.22. The van der Waals surface area contributed by atoms with Gasteiger partial charge in [-0.15, -0.1) is 0 Å². The van der Waals surface area contributed by atoms with Crippen molar-refractivity contribution in [1.82, 2.24) is 20.0 Å². The first kappa shape index (κ1) is 18.8. The van der Waals surface area contributed by atoms with Gasteiger partial charge in [-0.1, -0.05) is 12.1 Å². The summed E-state index contributed by atoms with van der Waals surface area (Å²) in [4.78, 5) is 17.2. The number of rotatable bonds is 5. The zero-order chi connectivity index (χ0) is 19.2. The van der Waals surface area contributed by atoms with E-state index in [-0.39, 0.29) is 11.8 Å². The van der Waals surface area contributed by atoms with E-state index in [2.05, 4.69) is 15.3 Å². The van der Waals surface area contributed by atoms with Crippen LogP contribution in [0, 0.1) is 10.1 Å². The van der Waals surface area contributed by atoms with Crippen molar-refractivity contribution >= 4 is 11.6 Å². The van der Waals surface area contributed by atoms with Gasteiger partial charge in [0.05, 0.1) is 30.8 Å². The summed E-state index contributed by atoms with van der Waals surface area (Å²) in [6, 6.07) is 6.49. The summed E-state index contributed by atoms with van der Waals surface area (Å²) < 4.78 is 7.66. The highest BCUT2D eigenvalue weighted by Gasteiger charge is 2.25. The summed E-state index contributed by atoms with van der Waals surface area (Å²) >= 11 is 0. The van der Waals surface area contributed by atoms with E-state index in [0.717, 1.165) is 30.2 Å². The minimum absolute atomic E-state index is 0.0457. The van der Waals surface area contributed by atoms with Gasteiger partial charge in [0.1, 0.15) is 6.10 Å². The summed E-state index contributed by atoms with van der Waals surface area (Å²) in [6.07, 6.45) is 3.75. The van der Waals surface area contributed by atoms with E-state index in [9.17, 15) is 10.1 Å². The molecule has 1 atom stereocenters. The van der Waals surface area contributed by atoms with Gasteiger partial charge < -0.3 is 15.0 Å². The molecule has 9 heteroatoms. The van der Waals surface area contributed by atoms with Crippen LogP contribution in [0.2, 0.25) is 0 Å². The monoisotopic (exact) mass is 372 g/mol. The van der Waals surface area contributed by atoms with E-state index in [1.165, 1.54) is 12.1 Å². The number of nitrogens with zero attached hydrogens (tertiary/aromatic N) is 5. The molecule has 0 amide bonds. The fourth-order valence-electron chi connectivity index (χ4n) is 2.96. The zero-order valence-corrected chi connectivity index (χ0v) is 15.5. The van der Waals surface area contributed by atoms with Crippen LogP contribution in [-0.2, 0) is 18.3 Å². The smallest absolute Gasteiger partial charge is 0.269 e. The Hall–Kier alpha value is -2.94. The van der Waals surface area contributed by atoms with E-state index in [4.69, 9.17) is 9.73 Å². The van der Waals surface area contributed by atoms with E-state index < -0.39 is 4.92 Å². The number of aryl methyl sites for hydroxylation is 1. The number of ether oxygens (including phenoxy) is 1. The van der Waals surface area contributed by atoms with E-state index in [1.54, 1.807) is 16.8 Å². The molecule has 0 spiro atoms. The second-order valence-electron chi connectivity index (χ2n) is 6.35. The molecule has 2 heterocycles. The van der Waals surface area contributed by atoms with Gasteiger partial charge in [-0.05, 0) is 12.5 Å². The number of nitro groups is 1. The molecule has 1 aromatic heterocycles. The van der Waals surface area contributed by atoms with Crippen molar-refractivity contribution < 1.29 is 9.66 Å². The van der Waals surface area contributed by atoms with Crippen molar-refractivity contribution in [2.24, 2.45) is 12.0 Å². The summed E-state index contributed by atoms with van der Waals surface area (Å²) in [5.74, 6) is 0.813. The molecule has 144 valence electrons. The quantitative estimate of drug-likeness (QED) is 0.372. The average molecular weight is 372 g/mol. The first-order valence-electron chi connectivity index (χ1n) is 8.93. The van der Waals surface area contributed by atoms with E-state index in [0.29, 0.717) is 19.7 Å². The molecule has 1 N–H and O–H groups in total. The predicted octanol–water partition coefficient (Wildman–Crippen LogP) is 1.87. The van der Waals surface area contributed by atoms with Crippen LogP contribution in [-0.4, -0.2) is 51.8 Å². The van der Waals surface area contributed by atoms with Gasteiger partial charge in [0.2, 0.25) is 0 Å². The Morgan fingerprint density at radius 2 is 2.22 bits per heavy atom. The number of guanidine groups is 1. The number of hydrogen-bond donors (Lipinski definition) is 1. The Balaban J connectivity index is 1.69. The molecule has 1 aromatic carbocycles. The maximum Gasteiger partial charge on any atom is 0.269 e. The number of aromatic nitrogens is 2. The highest BCUT2D eigenvalue weighted by atomic mass is 16.6. The van der Waals surface area contributed by atoms with Crippen molar-refractivity contribution in [3.05, 3.63) is 57.9 Å². The van der Waals surface area contributed by atoms with E-state index in [1.807, 2.05) is 26.4 Å². The lowest BCUT2D eigenvalue weighted by Gasteiger charge is -2.34. The molecule has 0 bridgehead atoms. The van der Waals surface area contributed by atoms with Crippen molar-refractivity contribution in [3.8, 4) is 0 Å². The van der Waals surface area contributed by atoms with Crippen molar-refractivity contribution in [2.75, 3.05) is 26.2 Å². The van der Waals surface area contributed by atoms with Gasteiger partial charge in [0, 0.05) is 44.0 Å². The van der Waals surface area contributed by atoms with Crippen LogP contribution >= 0.6 is 0 Å². The van der Waals surface area contributed by atoms with Crippen molar-refractivity contribution in [3.63, 3.8) is 0 Å². The van der Waals surface area contributed by atoms with Crippen LogP contribution in [0.1, 0.15) is 24.2 Å². The molecule has 9 nitrogen and oxygen atoms in total. The lowest BCUT2D eigenvalue weighted by Crippen LogP contribution is -2.48. The molecule has 0 saturated carbocycles. The SMILES string of the molecule is CCNC(=NCc1ccc([N+](=O)[O-])cc1)N1CCOC(c2cnn(C)c2)C1. The standard InChI is InChI=1S/C18H24N6O3/c1-3-19-18(20-10-14-4-6-16(7-5-14)24(25)26)23-8-9-27-17(13-23)15-11-21-22(2)12-15/h4-7,11-12,17H,3,8-10,13H2,1-2H3,(H,19,20). The molecule has 1 unspecified atom stereocenters. The highest BCUT2D eigenvalue weighted by molar-refractivity contribution is 5.80.